The maximum atomic E-state index is 13.3. The lowest BCUT2D eigenvalue weighted by Crippen LogP contribution is -2.21. The molecule has 0 spiro atoms. The fourth-order valence-corrected chi connectivity index (χ4v) is 3.97. The Morgan fingerprint density at radius 2 is 1.46 bits per heavy atom. The van der Waals surface area contributed by atoms with E-state index >= 15 is 0 Å². The van der Waals surface area contributed by atoms with Crippen molar-refractivity contribution in [3.05, 3.63) is 75.3 Å². The number of ether oxygens (including phenoxy) is 4. The number of rotatable bonds is 7. The Bertz CT molecular complexity index is 1540. The average Bonchev–Trinajstić information content (AvgIpc) is 2.88. The summed E-state index contributed by atoms with van der Waals surface area (Å²) in [4.78, 5) is 29.2. The van der Waals surface area contributed by atoms with Crippen LogP contribution in [-0.2, 0) is 0 Å². The van der Waals surface area contributed by atoms with Gasteiger partial charge in [-0.2, -0.15) is 0 Å². The number of benzene rings is 3. The SMILES string of the molecule is COc1ccc(NC(=O)c2ccc3c(=O)n(-c4ccc(OC)c(OC)c4)c(=S)[nH]c3c2)cc1OC. The van der Waals surface area contributed by atoms with E-state index in [1.807, 2.05) is 0 Å². The highest BCUT2D eigenvalue weighted by Gasteiger charge is 2.14. The first-order valence-electron chi connectivity index (χ1n) is 10.4. The van der Waals surface area contributed by atoms with Crippen molar-refractivity contribution in [3.63, 3.8) is 0 Å². The Labute approximate surface area is 205 Å². The topological polar surface area (TPSA) is 104 Å². The molecule has 0 unspecified atom stereocenters. The standard InChI is InChI=1S/C25H23N3O6S/c1-31-19-9-6-15(12-21(19)33-3)26-23(29)14-5-8-17-18(11-14)27-25(35)28(24(17)30)16-7-10-20(32-2)22(13-16)34-4/h5-13H,1-4H3,(H,26,29)(H,27,35). The van der Waals surface area contributed by atoms with Gasteiger partial charge in [0.1, 0.15) is 0 Å². The number of hydrogen-bond donors (Lipinski definition) is 2. The summed E-state index contributed by atoms with van der Waals surface area (Å²) in [6, 6.07) is 14.9. The van der Waals surface area contributed by atoms with Crippen molar-refractivity contribution in [3.8, 4) is 28.7 Å². The van der Waals surface area contributed by atoms with Crippen LogP contribution in [0.25, 0.3) is 16.6 Å². The average molecular weight is 494 g/mol. The third kappa shape index (κ3) is 4.56. The Balaban J connectivity index is 1.70. The van der Waals surface area contributed by atoms with Crippen LogP contribution >= 0.6 is 12.2 Å². The van der Waals surface area contributed by atoms with Gasteiger partial charge in [-0.25, -0.2) is 0 Å². The highest BCUT2D eigenvalue weighted by molar-refractivity contribution is 7.71. The molecule has 0 saturated heterocycles. The van der Waals surface area contributed by atoms with E-state index in [4.69, 9.17) is 31.2 Å². The molecular formula is C25H23N3O6S. The minimum atomic E-state index is -0.359. The number of aromatic amines is 1. The van der Waals surface area contributed by atoms with Crippen LogP contribution in [0.15, 0.2) is 59.4 Å². The Morgan fingerprint density at radius 1 is 0.829 bits per heavy atom. The van der Waals surface area contributed by atoms with Crippen molar-refractivity contribution in [1.82, 2.24) is 9.55 Å². The summed E-state index contributed by atoms with van der Waals surface area (Å²) in [5, 5.41) is 3.19. The lowest BCUT2D eigenvalue weighted by molar-refractivity contribution is 0.102. The number of aromatic nitrogens is 2. The molecule has 2 N–H and O–H groups in total. The zero-order chi connectivity index (χ0) is 25.1. The van der Waals surface area contributed by atoms with Gasteiger partial charge in [-0.1, -0.05) is 0 Å². The number of nitrogens with zero attached hydrogens (tertiary/aromatic N) is 1. The second-order valence-corrected chi connectivity index (χ2v) is 7.78. The van der Waals surface area contributed by atoms with Crippen molar-refractivity contribution in [2.45, 2.75) is 0 Å². The van der Waals surface area contributed by atoms with Crippen molar-refractivity contribution < 1.29 is 23.7 Å². The molecule has 0 bridgehead atoms. The minimum absolute atomic E-state index is 0.173. The third-order valence-corrected chi connectivity index (χ3v) is 5.71. The second kappa shape index (κ2) is 9.90. The molecule has 9 nitrogen and oxygen atoms in total. The molecular weight excluding hydrogens is 470 g/mol. The summed E-state index contributed by atoms with van der Waals surface area (Å²) >= 11 is 5.46. The number of H-pyrrole nitrogens is 1. The van der Waals surface area contributed by atoms with Crippen molar-refractivity contribution in [1.29, 1.82) is 0 Å². The van der Waals surface area contributed by atoms with Crippen LogP contribution in [0.2, 0.25) is 0 Å². The van der Waals surface area contributed by atoms with Crippen LogP contribution in [0, 0.1) is 4.77 Å². The smallest absolute Gasteiger partial charge is 0.266 e. The van der Waals surface area contributed by atoms with E-state index in [0.29, 0.717) is 50.8 Å². The molecule has 4 aromatic rings. The third-order valence-electron chi connectivity index (χ3n) is 5.43. The summed E-state index contributed by atoms with van der Waals surface area (Å²) in [7, 11) is 6.10. The molecule has 1 aromatic heterocycles. The summed E-state index contributed by atoms with van der Waals surface area (Å²) < 4.78 is 22.6. The molecule has 180 valence electrons. The number of carbonyl (C=O) groups excluding carboxylic acids is 1. The van der Waals surface area contributed by atoms with E-state index < -0.39 is 0 Å². The maximum absolute atomic E-state index is 13.3. The van der Waals surface area contributed by atoms with Crippen LogP contribution in [0.3, 0.4) is 0 Å². The van der Waals surface area contributed by atoms with Crippen LogP contribution in [0.5, 0.6) is 23.0 Å². The van der Waals surface area contributed by atoms with Gasteiger partial charge in [0, 0.05) is 23.4 Å². The molecule has 1 amide bonds. The number of carbonyl (C=O) groups is 1. The zero-order valence-corrected chi connectivity index (χ0v) is 20.3. The highest BCUT2D eigenvalue weighted by atomic mass is 32.1. The van der Waals surface area contributed by atoms with Gasteiger partial charge < -0.3 is 29.2 Å². The maximum Gasteiger partial charge on any atom is 0.266 e. The van der Waals surface area contributed by atoms with Crippen molar-refractivity contribution in [2.75, 3.05) is 33.8 Å². The lowest BCUT2D eigenvalue weighted by atomic mass is 10.1. The number of amides is 1. The summed E-state index contributed by atoms with van der Waals surface area (Å²) in [6.07, 6.45) is 0. The van der Waals surface area contributed by atoms with Crippen molar-refractivity contribution >= 4 is 34.7 Å². The monoisotopic (exact) mass is 493 g/mol. The van der Waals surface area contributed by atoms with E-state index in [-0.39, 0.29) is 16.2 Å². The van der Waals surface area contributed by atoms with Gasteiger partial charge in [0.15, 0.2) is 27.8 Å². The fraction of sp³-hybridized carbons (Fsp3) is 0.160. The number of nitrogens with one attached hydrogen (secondary N) is 2. The van der Waals surface area contributed by atoms with Gasteiger partial charge in [0.25, 0.3) is 11.5 Å². The molecule has 1 heterocycles. The summed E-state index contributed by atoms with van der Waals surface area (Å²) in [6.45, 7) is 0. The lowest BCUT2D eigenvalue weighted by Gasteiger charge is -2.13. The van der Waals surface area contributed by atoms with Crippen molar-refractivity contribution in [2.24, 2.45) is 0 Å². The number of hydrogen-bond acceptors (Lipinski definition) is 7. The van der Waals surface area contributed by atoms with E-state index in [0.717, 1.165) is 0 Å². The first kappa shape index (κ1) is 23.8. The zero-order valence-electron chi connectivity index (χ0n) is 19.5. The Morgan fingerprint density at radius 3 is 2.11 bits per heavy atom. The molecule has 3 aromatic carbocycles. The molecule has 35 heavy (non-hydrogen) atoms. The van der Waals surface area contributed by atoms with Gasteiger partial charge in [-0.05, 0) is 54.7 Å². The van der Waals surface area contributed by atoms with E-state index in [1.165, 1.54) is 33.0 Å². The number of fused-ring (bicyclic) bond motifs is 1. The molecule has 0 aliphatic rings. The van der Waals surface area contributed by atoms with E-state index in [2.05, 4.69) is 10.3 Å². The van der Waals surface area contributed by atoms with Gasteiger partial charge in [-0.3, -0.25) is 14.2 Å². The molecule has 0 aliphatic heterocycles. The number of methoxy groups -OCH3 is 4. The van der Waals surface area contributed by atoms with Crippen LogP contribution in [-0.4, -0.2) is 43.9 Å². The highest BCUT2D eigenvalue weighted by Crippen LogP contribution is 2.30. The molecule has 0 aliphatic carbocycles. The van der Waals surface area contributed by atoms with E-state index in [1.54, 1.807) is 54.6 Å². The van der Waals surface area contributed by atoms with Crippen LogP contribution in [0.1, 0.15) is 10.4 Å². The Hall–Kier alpha value is -4.31. The molecule has 0 fully saturated rings. The molecule has 0 radical (unpaired) electrons. The first-order valence-corrected chi connectivity index (χ1v) is 10.9. The van der Waals surface area contributed by atoms with Gasteiger partial charge in [-0.15, -0.1) is 0 Å². The summed E-state index contributed by atoms with van der Waals surface area (Å²) in [5.41, 5.74) is 1.51. The first-order chi connectivity index (χ1) is 16.9. The van der Waals surface area contributed by atoms with Crippen LogP contribution < -0.4 is 29.8 Å². The predicted molar refractivity (Wildman–Crippen MR) is 135 cm³/mol. The Kier molecular flexibility index (Phi) is 6.74. The molecule has 10 heteroatoms. The quantitative estimate of drug-likeness (QED) is 0.369. The number of anilines is 1. The largest absolute Gasteiger partial charge is 0.493 e. The molecule has 0 atom stereocenters. The van der Waals surface area contributed by atoms with E-state index in [9.17, 15) is 9.59 Å². The minimum Gasteiger partial charge on any atom is -0.493 e. The normalized spacial score (nSPS) is 10.6. The fourth-order valence-electron chi connectivity index (χ4n) is 3.67. The van der Waals surface area contributed by atoms with Gasteiger partial charge in [0.2, 0.25) is 0 Å². The van der Waals surface area contributed by atoms with Crippen LogP contribution in [0.4, 0.5) is 5.69 Å². The van der Waals surface area contributed by atoms with Gasteiger partial charge >= 0.3 is 0 Å². The predicted octanol–water partition coefficient (Wildman–Crippen LogP) is 4.33. The summed E-state index contributed by atoms with van der Waals surface area (Å²) in [5.74, 6) is 1.68. The molecule has 4 rings (SSSR count). The molecule has 0 saturated carbocycles. The van der Waals surface area contributed by atoms with Gasteiger partial charge in [0.05, 0.1) is 45.0 Å². The second-order valence-electron chi connectivity index (χ2n) is 7.39.